The molecule has 8 heteroatoms. The van der Waals surface area contributed by atoms with Crippen molar-refractivity contribution in [3.05, 3.63) is 12.7 Å². The van der Waals surface area contributed by atoms with Crippen LogP contribution in [0.15, 0.2) is 12.7 Å². The van der Waals surface area contributed by atoms with E-state index in [2.05, 4.69) is 41.2 Å². The third-order valence-electron chi connectivity index (χ3n) is 7.49. The molecule has 0 saturated carbocycles. The number of ether oxygens (including phenoxy) is 5. The minimum atomic E-state index is -2.84. The standard InChI is InChI=1S/C35H68O7P/c1-7-13-18-23-28-38-34(39-29-24-19-14-8-2,40-30-25-20-15-9-3)35(43(37)33(36)12-6,41-31-26-21-16-10-4)42-32-27-22-17-11-5/h12H,6-11,13-32H2,1-5H3/q+1. The first kappa shape index (κ1) is 42.3. The second kappa shape index (κ2) is 28.8. The maximum atomic E-state index is 14.3. The molecule has 0 rings (SSSR count). The van der Waals surface area contributed by atoms with Crippen LogP contribution in [0.25, 0.3) is 0 Å². The van der Waals surface area contributed by atoms with Gasteiger partial charge in [0.1, 0.15) is 0 Å². The Kier molecular flexibility index (Phi) is 28.3. The van der Waals surface area contributed by atoms with Gasteiger partial charge in [0.25, 0.3) is 0 Å². The van der Waals surface area contributed by atoms with Crippen LogP contribution in [0.5, 0.6) is 0 Å². The molecule has 0 aliphatic carbocycles. The largest absolute Gasteiger partial charge is 0.495 e. The summed E-state index contributed by atoms with van der Waals surface area (Å²) in [6.07, 6.45) is 20.6. The van der Waals surface area contributed by atoms with Crippen LogP contribution in [0.1, 0.15) is 163 Å². The topological polar surface area (TPSA) is 80.3 Å². The summed E-state index contributed by atoms with van der Waals surface area (Å²) in [5.74, 6) is -1.95. The van der Waals surface area contributed by atoms with Crippen molar-refractivity contribution in [2.24, 2.45) is 0 Å². The lowest BCUT2D eigenvalue weighted by Crippen LogP contribution is -2.61. The van der Waals surface area contributed by atoms with Gasteiger partial charge in [-0.3, -0.25) is 0 Å². The average Bonchev–Trinajstić information content (AvgIpc) is 3.02. The van der Waals surface area contributed by atoms with E-state index in [1.54, 1.807) is 0 Å². The van der Waals surface area contributed by atoms with E-state index < -0.39 is 24.8 Å². The fourth-order valence-corrected chi connectivity index (χ4v) is 6.09. The van der Waals surface area contributed by atoms with Crippen molar-refractivity contribution in [2.75, 3.05) is 33.0 Å². The van der Waals surface area contributed by atoms with E-state index >= 15 is 0 Å². The first-order chi connectivity index (χ1) is 20.9. The van der Waals surface area contributed by atoms with Crippen LogP contribution in [0.2, 0.25) is 0 Å². The Morgan fingerprint density at radius 3 is 1.05 bits per heavy atom. The Morgan fingerprint density at radius 2 is 0.791 bits per heavy atom. The molecule has 0 amide bonds. The molecule has 1 unspecified atom stereocenters. The van der Waals surface area contributed by atoms with Crippen LogP contribution in [-0.4, -0.2) is 50.1 Å². The van der Waals surface area contributed by atoms with Gasteiger partial charge in [-0.15, -0.1) is 0 Å². The quantitative estimate of drug-likeness (QED) is 0.0302. The highest BCUT2D eigenvalue weighted by molar-refractivity contribution is 7.65. The van der Waals surface area contributed by atoms with Gasteiger partial charge in [-0.2, -0.15) is 0 Å². The average molecular weight is 632 g/mol. The van der Waals surface area contributed by atoms with Crippen molar-refractivity contribution in [3.63, 3.8) is 0 Å². The number of carbonyl (C=O) groups is 1. The molecule has 0 saturated heterocycles. The van der Waals surface area contributed by atoms with Crippen molar-refractivity contribution in [2.45, 2.75) is 175 Å². The fraction of sp³-hybridized carbons (Fsp3) is 0.914. The Hall–Kier alpha value is -0.690. The molecule has 0 N–H and O–H groups in total. The number of hydrogen-bond donors (Lipinski definition) is 0. The molecule has 0 spiro atoms. The van der Waals surface area contributed by atoms with Crippen LogP contribution in [0.4, 0.5) is 0 Å². The van der Waals surface area contributed by atoms with Gasteiger partial charge in [-0.05, 0) is 32.1 Å². The summed E-state index contributed by atoms with van der Waals surface area (Å²) in [5.41, 5.74) is -2.70. The van der Waals surface area contributed by atoms with Gasteiger partial charge in [0.05, 0.1) is 33.0 Å². The highest BCUT2D eigenvalue weighted by atomic mass is 31.1. The first-order valence-corrected chi connectivity index (χ1v) is 19.0. The van der Waals surface area contributed by atoms with Crippen molar-refractivity contribution in [1.29, 1.82) is 0 Å². The highest BCUT2D eigenvalue weighted by Crippen LogP contribution is 2.53. The lowest BCUT2D eigenvalue weighted by Gasteiger charge is -2.40. The third kappa shape index (κ3) is 17.6. The maximum absolute atomic E-state index is 14.3. The second-order valence-corrected chi connectivity index (χ2v) is 13.1. The molecule has 0 radical (unpaired) electrons. The van der Waals surface area contributed by atoms with Crippen molar-refractivity contribution in [1.82, 2.24) is 0 Å². The highest BCUT2D eigenvalue weighted by Gasteiger charge is 2.75. The minimum Gasteiger partial charge on any atom is -0.319 e. The summed E-state index contributed by atoms with van der Waals surface area (Å²) in [5, 5.41) is 0. The number of hydrogen-bond acceptors (Lipinski definition) is 7. The molecule has 0 aliphatic rings. The predicted molar refractivity (Wildman–Crippen MR) is 179 cm³/mol. The monoisotopic (exact) mass is 631 g/mol. The first-order valence-electron chi connectivity index (χ1n) is 17.8. The SMILES string of the molecule is C=CC(=O)[P+](=O)C(OCCCCCC)(OCCCCCC)C(OCCCCCC)(OCCCCCC)OCCCCCC. The minimum absolute atomic E-state index is 0.250. The Morgan fingerprint density at radius 1 is 0.512 bits per heavy atom. The van der Waals surface area contributed by atoms with Gasteiger partial charge in [0, 0.05) is 6.08 Å². The molecule has 0 aromatic rings. The number of allylic oxidation sites excluding steroid dienone is 1. The summed E-state index contributed by atoms with van der Waals surface area (Å²) < 4.78 is 47.0. The fourth-order valence-electron chi connectivity index (χ4n) is 4.77. The maximum Gasteiger partial charge on any atom is 0.495 e. The zero-order chi connectivity index (χ0) is 32.1. The van der Waals surface area contributed by atoms with E-state index in [0.29, 0.717) is 19.8 Å². The molecule has 0 aromatic carbocycles. The lowest BCUT2D eigenvalue weighted by atomic mass is 10.2. The van der Waals surface area contributed by atoms with Crippen LogP contribution in [0.3, 0.4) is 0 Å². The van der Waals surface area contributed by atoms with Gasteiger partial charge in [0.15, 0.2) is 0 Å². The van der Waals surface area contributed by atoms with E-state index in [9.17, 15) is 9.36 Å². The van der Waals surface area contributed by atoms with Crippen LogP contribution < -0.4 is 0 Å². The summed E-state index contributed by atoms with van der Waals surface area (Å²) in [6, 6.07) is 0. The summed E-state index contributed by atoms with van der Waals surface area (Å²) in [7, 11) is -2.84. The molecular weight excluding hydrogens is 563 g/mol. The van der Waals surface area contributed by atoms with Gasteiger partial charge in [-0.25, -0.2) is 4.79 Å². The molecule has 0 aliphatic heterocycles. The number of unbranched alkanes of at least 4 members (excludes halogenated alkanes) is 15. The lowest BCUT2D eigenvalue weighted by molar-refractivity contribution is -0.472. The zero-order valence-corrected chi connectivity index (χ0v) is 29.7. The van der Waals surface area contributed by atoms with E-state index in [-0.39, 0.29) is 13.2 Å². The molecule has 1 atom stereocenters. The Labute approximate surface area is 266 Å². The number of rotatable bonds is 34. The Balaban J connectivity index is 6.73. The second-order valence-electron chi connectivity index (χ2n) is 11.5. The number of carbonyl (C=O) groups excluding carboxylic acids is 1. The van der Waals surface area contributed by atoms with Crippen LogP contribution in [0, 0.1) is 0 Å². The van der Waals surface area contributed by atoms with Crippen LogP contribution in [-0.2, 0) is 33.0 Å². The van der Waals surface area contributed by atoms with Crippen molar-refractivity contribution >= 4 is 13.3 Å². The molecule has 0 heterocycles. The summed E-state index contributed by atoms with van der Waals surface area (Å²) in [6.45, 7) is 15.9. The molecule has 0 aromatic heterocycles. The van der Waals surface area contributed by atoms with Gasteiger partial charge < -0.3 is 23.7 Å². The zero-order valence-electron chi connectivity index (χ0n) is 28.8. The van der Waals surface area contributed by atoms with Crippen molar-refractivity contribution < 1.29 is 33.0 Å². The normalized spacial score (nSPS) is 12.5. The van der Waals surface area contributed by atoms with Crippen LogP contribution >= 0.6 is 7.80 Å². The van der Waals surface area contributed by atoms with Gasteiger partial charge in [-0.1, -0.05) is 142 Å². The molecule has 254 valence electrons. The van der Waals surface area contributed by atoms with Gasteiger partial charge >= 0.3 is 24.8 Å². The van der Waals surface area contributed by atoms with E-state index in [1.165, 1.54) is 0 Å². The molecule has 7 nitrogen and oxygen atoms in total. The predicted octanol–water partition coefficient (Wildman–Crippen LogP) is 10.8. The van der Waals surface area contributed by atoms with Gasteiger partial charge in [0.2, 0.25) is 0 Å². The third-order valence-corrected chi connectivity index (χ3v) is 9.14. The summed E-state index contributed by atoms with van der Waals surface area (Å²) in [4.78, 5) is 13.2. The van der Waals surface area contributed by atoms with E-state index in [4.69, 9.17) is 23.7 Å². The smallest absolute Gasteiger partial charge is 0.319 e. The molecule has 43 heavy (non-hydrogen) atoms. The van der Waals surface area contributed by atoms with E-state index in [0.717, 1.165) is 134 Å². The summed E-state index contributed by atoms with van der Waals surface area (Å²) >= 11 is 0. The van der Waals surface area contributed by atoms with E-state index in [1.807, 2.05) is 0 Å². The molecule has 0 fully saturated rings. The Bertz CT molecular complexity index is 635. The molecule has 0 bridgehead atoms. The molecular formula is C35H68O7P+. The van der Waals surface area contributed by atoms with Crippen molar-refractivity contribution in [3.8, 4) is 0 Å².